The Hall–Kier alpha value is -0.460. The van der Waals surface area contributed by atoms with Gasteiger partial charge in [-0.05, 0) is 29.4 Å². The van der Waals surface area contributed by atoms with Crippen LogP contribution in [0.2, 0.25) is 0 Å². The minimum absolute atomic E-state index is 0.0596. The lowest BCUT2D eigenvalue weighted by molar-refractivity contribution is 0.354. The summed E-state index contributed by atoms with van der Waals surface area (Å²) in [7, 11) is -6.63. The molecule has 0 aromatic heterocycles. The first-order chi connectivity index (χ1) is 7.88. The summed E-state index contributed by atoms with van der Waals surface area (Å²) in [6.07, 6.45) is 1.03. The van der Waals surface area contributed by atoms with E-state index in [4.69, 9.17) is 4.89 Å². The van der Waals surface area contributed by atoms with Gasteiger partial charge in [0.2, 0.25) is 0 Å². The zero-order valence-electron chi connectivity index (χ0n) is 9.28. The van der Waals surface area contributed by atoms with Gasteiger partial charge in [-0.1, -0.05) is 12.1 Å². The van der Waals surface area contributed by atoms with E-state index in [0.717, 1.165) is 0 Å². The van der Waals surface area contributed by atoms with Gasteiger partial charge in [-0.15, -0.1) is 11.8 Å². The van der Waals surface area contributed by atoms with Gasteiger partial charge in [-0.25, -0.2) is 4.18 Å². The summed E-state index contributed by atoms with van der Waals surface area (Å²) in [6, 6.07) is 5.05. The quantitative estimate of drug-likeness (QED) is 0.509. The molecule has 1 N–H and O–H groups in total. The molecule has 0 aliphatic carbocycles. The maximum Gasteiger partial charge on any atom is 0.535 e. The van der Waals surface area contributed by atoms with Crippen molar-refractivity contribution in [1.82, 2.24) is 0 Å². The lowest BCUT2D eigenvalue weighted by Gasteiger charge is -2.09. The molecule has 0 heterocycles. The number of hydrogen-bond acceptors (Lipinski definition) is 5. The van der Waals surface area contributed by atoms with Gasteiger partial charge in [0.1, 0.15) is 4.90 Å². The van der Waals surface area contributed by atoms with Crippen LogP contribution in [0.25, 0.3) is 0 Å². The minimum Gasteiger partial charge on any atom is -0.213 e. The van der Waals surface area contributed by atoms with Crippen molar-refractivity contribution in [2.45, 2.75) is 16.7 Å². The van der Waals surface area contributed by atoms with Crippen LogP contribution in [0.1, 0.15) is 5.56 Å². The Morgan fingerprint density at radius 1 is 1.47 bits per heavy atom. The molecule has 0 aliphatic heterocycles. The van der Waals surface area contributed by atoms with Crippen LogP contribution >= 0.6 is 19.8 Å². The fraction of sp³-hybridized carbons (Fsp3) is 0.333. The summed E-state index contributed by atoms with van der Waals surface area (Å²) in [5, 5.41) is 0. The van der Waals surface area contributed by atoms with E-state index in [-0.39, 0.29) is 4.90 Å². The van der Waals surface area contributed by atoms with E-state index in [0.29, 0.717) is 10.5 Å². The highest BCUT2D eigenvalue weighted by molar-refractivity contribution is 7.99. The normalized spacial score (nSPS) is 12.5. The van der Waals surface area contributed by atoms with Crippen molar-refractivity contribution in [2.75, 3.05) is 12.6 Å². The van der Waals surface area contributed by atoms with Crippen molar-refractivity contribution in [3.8, 4) is 0 Å². The fourth-order valence-corrected chi connectivity index (χ4v) is 4.21. The number of thioether (sulfide) groups is 1. The molecule has 8 heteroatoms. The summed E-state index contributed by atoms with van der Waals surface area (Å²) < 4.78 is 38.7. The molecular weight excluding hydrogens is 283 g/mol. The molecule has 1 unspecified atom stereocenters. The van der Waals surface area contributed by atoms with Crippen LogP contribution in [-0.4, -0.2) is 25.9 Å². The summed E-state index contributed by atoms with van der Waals surface area (Å²) in [6.45, 7) is 1.65. The Balaban J connectivity index is 3.18. The maximum atomic E-state index is 11.9. The van der Waals surface area contributed by atoms with Crippen LogP contribution in [0.4, 0.5) is 0 Å². The van der Waals surface area contributed by atoms with Gasteiger partial charge < -0.3 is 0 Å². The molecule has 0 aliphatic rings. The predicted octanol–water partition coefficient (Wildman–Crippen LogP) is 2.11. The second kappa shape index (κ2) is 5.93. The summed E-state index contributed by atoms with van der Waals surface area (Å²) >= 11 is 1.28. The van der Waals surface area contributed by atoms with E-state index in [2.05, 4.69) is 4.18 Å². The third-order valence-electron chi connectivity index (χ3n) is 1.96. The van der Waals surface area contributed by atoms with Crippen molar-refractivity contribution in [2.24, 2.45) is 0 Å². The summed E-state index contributed by atoms with van der Waals surface area (Å²) in [4.78, 5) is 9.19. The second-order valence-electron chi connectivity index (χ2n) is 3.16. The summed E-state index contributed by atoms with van der Waals surface area (Å²) in [5.74, 6) is 0. The second-order valence-corrected chi connectivity index (χ2v) is 6.52. The van der Waals surface area contributed by atoms with Crippen molar-refractivity contribution < 1.29 is 22.1 Å². The zero-order valence-corrected chi connectivity index (χ0v) is 11.8. The molecule has 0 saturated heterocycles. The predicted molar refractivity (Wildman–Crippen MR) is 65.9 cm³/mol. The molecule has 5 nitrogen and oxygen atoms in total. The maximum absolute atomic E-state index is 11.9. The van der Waals surface area contributed by atoms with Gasteiger partial charge in [0.15, 0.2) is 0 Å². The number of hydrogen-bond donors (Lipinski definition) is 1. The van der Waals surface area contributed by atoms with Crippen LogP contribution in [-0.2, 0) is 18.9 Å². The molecule has 0 amide bonds. The largest absolute Gasteiger partial charge is 0.535 e. The van der Waals surface area contributed by atoms with Crippen LogP contribution in [0.3, 0.4) is 0 Å². The van der Waals surface area contributed by atoms with Crippen molar-refractivity contribution in [1.29, 1.82) is 0 Å². The van der Waals surface area contributed by atoms with Crippen LogP contribution in [0, 0.1) is 6.92 Å². The molecule has 1 aromatic carbocycles. The Kier molecular flexibility index (Phi) is 5.09. The molecule has 0 spiro atoms. The average molecular weight is 295 g/mol. The first kappa shape index (κ1) is 14.6. The highest BCUT2D eigenvalue weighted by Crippen LogP contribution is 2.30. The van der Waals surface area contributed by atoms with E-state index < -0.39 is 24.5 Å². The third-order valence-corrected chi connectivity index (χ3v) is 4.87. The highest BCUT2D eigenvalue weighted by Gasteiger charge is 2.25. The Bertz CT molecular complexity index is 526. The monoisotopic (exact) mass is 295 g/mol. The molecule has 1 atom stereocenters. The van der Waals surface area contributed by atoms with Gasteiger partial charge in [0.25, 0.3) is 6.35 Å². The molecule has 0 bridgehead atoms. The van der Waals surface area contributed by atoms with Crippen molar-refractivity contribution >= 4 is 29.9 Å². The highest BCUT2D eigenvalue weighted by atomic mass is 32.2. The van der Waals surface area contributed by atoms with Crippen LogP contribution < -0.4 is 0 Å². The average Bonchev–Trinajstić information content (AvgIpc) is 2.25. The SMILES string of the molecule is CSc1cccc(C)c1S(=O)(=O)OC[P+](=O)O. The zero-order chi connectivity index (χ0) is 13.1. The van der Waals surface area contributed by atoms with Crippen LogP contribution in [0.15, 0.2) is 28.0 Å². The topological polar surface area (TPSA) is 80.7 Å². The number of benzene rings is 1. The van der Waals surface area contributed by atoms with E-state index in [9.17, 15) is 13.0 Å². The van der Waals surface area contributed by atoms with Crippen molar-refractivity contribution in [3.63, 3.8) is 0 Å². The molecular formula is C9H12O5PS2+. The van der Waals surface area contributed by atoms with Gasteiger partial charge >= 0.3 is 18.1 Å². The lowest BCUT2D eigenvalue weighted by Crippen LogP contribution is -2.09. The van der Waals surface area contributed by atoms with Gasteiger partial charge in [0.05, 0.1) is 0 Å². The van der Waals surface area contributed by atoms with E-state index in [1.165, 1.54) is 11.8 Å². The Morgan fingerprint density at radius 3 is 2.65 bits per heavy atom. The van der Waals surface area contributed by atoms with Gasteiger partial charge in [-0.2, -0.15) is 13.3 Å². The summed E-state index contributed by atoms with van der Waals surface area (Å²) in [5.41, 5.74) is 0.546. The smallest absolute Gasteiger partial charge is 0.213 e. The Labute approximate surface area is 105 Å². The number of aryl methyl sites for hydroxylation is 1. The molecule has 0 fully saturated rings. The van der Waals surface area contributed by atoms with Gasteiger partial charge in [0, 0.05) is 4.90 Å². The first-order valence-corrected chi connectivity index (χ1v) is 8.58. The van der Waals surface area contributed by atoms with E-state index in [1.54, 1.807) is 31.4 Å². The fourth-order valence-electron chi connectivity index (χ4n) is 1.28. The molecule has 17 heavy (non-hydrogen) atoms. The van der Waals surface area contributed by atoms with E-state index >= 15 is 0 Å². The third kappa shape index (κ3) is 3.76. The van der Waals surface area contributed by atoms with Crippen LogP contribution in [0.5, 0.6) is 0 Å². The first-order valence-electron chi connectivity index (χ1n) is 4.55. The molecule has 1 aromatic rings. The van der Waals surface area contributed by atoms with Crippen molar-refractivity contribution in [3.05, 3.63) is 23.8 Å². The van der Waals surface area contributed by atoms with Gasteiger partial charge in [-0.3, -0.25) is 0 Å². The molecule has 94 valence electrons. The Morgan fingerprint density at radius 2 is 2.12 bits per heavy atom. The lowest BCUT2D eigenvalue weighted by atomic mass is 10.2. The molecule has 0 radical (unpaired) electrons. The van der Waals surface area contributed by atoms with E-state index in [1.807, 2.05) is 0 Å². The molecule has 1 rings (SSSR count). The standard InChI is InChI=1S/C9H11O5PS2/c1-7-4-3-5-8(16-2)9(7)17(12,13)14-6-15(10)11/h3-5H,6H2,1-2H3/p+1. The minimum atomic E-state index is -3.99. The molecule has 0 saturated carbocycles. The number of rotatable bonds is 5.